The molecule has 2 heterocycles. The molecule has 0 spiro atoms. The minimum Gasteiger partial charge on any atom is -0.358 e. The summed E-state index contributed by atoms with van der Waals surface area (Å²) in [6.45, 7) is 4.86. The first-order valence-corrected chi connectivity index (χ1v) is 6.35. The number of nitrogens with zero attached hydrogens (tertiary/aromatic N) is 3. The van der Waals surface area contributed by atoms with E-state index < -0.39 is 10.7 Å². The topological polar surface area (TPSA) is 79.4 Å². The third kappa shape index (κ3) is 3.06. The molecule has 1 aromatic heterocycles. The number of imidazole rings is 1. The van der Waals surface area contributed by atoms with Crippen molar-refractivity contribution in [3.8, 4) is 0 Å². The lowest BCUT2D eigenvalue weighted by Gasteiger charge is -2.17. The van der Waals surface area contributed by atoms with Gasteiger partial charge >= 0.3 is 5.82 Å². The number of halogens is 1. The van der Waals surface area contributed by atoms with Crippen LogP contribution in [0.1, 0.15) is 20.3 Å². The molecule has 0 amide bonds. The van der Waals surface area contributed by atoms with Gasteiger partial charge in [0, 0.05) is 22.5 Å². The molecule has 8 heteroatoms. The number of hydrogen-bond acceptors (Lipinski definition) is 5. The third-order valence-electron chi connectivity index (χ3n) is 2.66. The Labute approximate surface area is 112 Å². The lowest BCUT2D eigenvalue weighted by atomic mass is 10.2. The lowest BCUT2D eigenvalue weighted by Crippen LogP contribution is -2.22. The maximum atomic E-state index is 10.6. The highest BCUT2D eigenvalue weighted by Gasteiger charge is 2.32. The van der Waals surface area contributed by atoms with Gasteiger partial charge in [-0.25, -0.2) is 0 Å². The van der Waals surface area contributed by atoms with Gasteiger partial charge in [-0.3, -0.25) is 4.57 Å². The smallest absolute Gasteiger partial charge is 0.358 e. The largest absolute Gasteiger partial charge is 0.382 e. The van der Waals surface area contributed by atoms with Gasteiger partial charge in [0.15, 0.2) is 5.79 Å². The Morgan fingerprint density at radius 2 is 2.44 bits per heavy atom. The minimum atomic E-state index is -0.539. The summed E-state index contributed by atoms with van der Waals surface area (Å²) in [4.78, 5) is 13.9. The first-order chi connectivity index (χ1) is 8.37. The Kier molecular flexibility index (Phi) is 3.69. The number of aromatic nitrogens is 2. The normalized spacial score (nSPS) is 22.3. The predicted molar refractivity (Wildman–Crippen MR) is 66.1 cm³/mol. The van der Waals surface area contributed by atoms with Gasteiger partial charge in [-0.05, 0) is 30.2 Å². The highest BCUT2D eigenvalue weighted by atomic mass is 79.9. The van der Waals surface area contributed by atoms with Gasteiger partial charge in [0.2, 0.25) is 0 Å². The molecule has 2 rings (SSSR count). The zero-order chi connectivity index (χ0) is 13.3. The van der Waals surface area contributed by atoms with Crippen LogP contribution in [0.4, 0.5) is 5.82 Å². The summed E-state index contributed by atoms with van der Waals surface area (Å²) in [7, 11) is 0. The zero-order valence-corrected chi connectivity index (χ0v) is 11.7. The van der Waals surface area contributed by atoms with Crippen LogP contribution < -0.4 is 0 Å². The van der Waals surface area contributed by atoms with Crippen molar-refractivity contribution in [1.82, 2.24) is 9.55 Å². The minimum absolute atomic E-state index is 0.00774. The van der Waals surface area contributed by atoms with E-state index in [-0.39, 0.29) is 11.9 Å². The molecule has 0 bridgehead atoms. The van der Waals surface area contributed by atoms with E-state index in [9.17, 15) is 10.1 Å². The number of rotatable bonds is 4. The molecule has 0 saturated carbocycles. The van der Waals surface area contributed by atoms with Gasteiger partial charge in [0.05, 0.1) is 12.7 Å². The first kappa shape index (κ1) is 13.4. The van der Waals surface area contributed by atoms with Gasteiger partial charge in [-0.2, -0.15) is 0 Å². The SMILES string of the molecule is CC1(C)OC[C@@H](CCn2cc([N+](=O)[O-])nc2Br)O1. The van der Waals surface area contributed by atoms with Crippen LogP contribution in [-0.4, -0.2) is 33.0 Å². The predicted octanol–water partition coefficient (Wildman–Crippen LogP) is 2.10. The summed E-state index contributed by atoms with van der Waals surface area (Å²) < 4.78 is 13.2. The van der Waals surface area contributed by atoms with Crippen molar-refractivity contribution < 1.29 is 14.4 Å². The molecule has 0 N–H and O–H groups in total. The summed E-state index contributed by atoms with van der Waals surface area (Å²) in [6, 6.07) is 0. The van der Waals surface area contributed by atoms with Gasteiger partial charge in [-0.1, -0.05) is 0 Å². The van der Waals surface area contributed by atoms with E-state index in [1.165, 1.54) is 6.20 Å². The Morgan fingerprint density at radius 3 is 2.94 bits per heavy atom. The second-order valence-corrected chi connectivity index (χ2v) is 5.27. The summed E-state index contributed by atoms with van der Waals surface area (Å²) in [5.74, 6) is -0.700. The highest BCUT2D eigenvalue weighted by Crippen LogP contribution is 2.25. The molecule has 1 aliphatic heterocycles. The highest BCUT2D eigenvalue weighted by molar-refractivity contribution is 9.10. The fourth-order valence-electron chi connectivity index (χ4n) is 1.81. The molecular weight excluding hydrogens is 306 g/mol. The van der Waals surface area contributed by atoms with Crippen molar-refractivity contribution in [3.63, 3.8) is 0 Å². The van der Waals surface area contributed by atoms with Crippen LogP contribution in [0.3, 0.4) is 0 Å². The summed E-state index contributed by atoms with van der Waals surface area (Å²) in [5, 5.41) is 10.6. The van der Waals surface area contributed by atoms with Gasteiger partial charge in [-0.15, -0.1) is 0 Å². The molecule has 1 aromatic rings. The molecule has 1 atom stereocenters. The van der Waals surface area contributed by atoms with E-state index in [2.05, 4.69) is 20.9 Å². The van der Waals surface area contributed by atoms with Crippen LogP contribution in [0.5, 0.6) is 0 Å². The Morgan fingerprint density at radius 1 is 1.72 bits per heavy atom. The van der Waals surface area contributed by atoms with E-state index in [1.807, 2.05) is 13.8 Å². The van der Waals surface area contributed by atoms with Crippen LogP contribution in [0.25, 0.3) is 0 Å². The molecule has 0 aliphatic carbocycles. The van der Waals surface area contributed by atoms with E-state index in [1.54, 1.807) is 4.57 Å². The van der Waals surface area contributed by atoms with Crippen molar-refractivity contribution in [1.29, 1.82) is 0 Å². The van der Waals surface area contributed by atoms with Crippen molar-refractivity contribution in [2.75, 3.05) is 6.61 Å². The summed E-state index contributed by atoms with van der Waals surface area (Å²) in [6.07, 6.45) is 2.13. The van der Waals surface area contributed by atoms with Crippen molar-refractivity contribution in [2.45, 2.75) is 38.7 Å². The van der Waals surface area contributed by atoms with E-state index in [0.29, 0.717) is 17.9 Å². The van der Waals surface area contributed by atoms with Crippen molar-refractivity contribution >= 4 is 21.7 Å². The fourth-order valence-corrected chi connectivity index (χ4v) is 2.27. The second-order valence-electron chi connectivity index (χ2n) is 4.56. The fraction of sp³-hybridized carbons (Fsp3) is 0.700. The van der Waals surface area contributed by atoms with Crippen molar-refractivity contribution in [3.05, 3.63) is 21.0 Å². The zero-order valence-electron chi connectivity index (χ0n) is 10.1. The van der Waals surface area contributed by atoms with E-state index in [0.717, 1.165) is 6.42 Å². The first-order valence-electron chi connectivity index (χ1n) is 5.56. The van der Waals surface area contributed by atoms with Gasteiger partial charge < -0.3 is 19.6 Å². The maximum Gasteiger partial charge on any atom is 0.382 e. The molecule has 0 unspecified atom stereocenters. The Hall–Kier alpha value is -0.990. The number of hydrogen-bond donors (Lipinski definition) is 0. The molecule has 18 heavy (non-hydrogen) atoms. The Bertz CT molecular complexity index is 460. The van der Waals surface area contributed by atoms with Gasteiger partial charge in [0.25, 0.3) is 4.73 Å². The molecule has 1 saturated heterocycles. The molecule has 0 radical (unpaired) electrons. The monoisotopic (exact) mass is 319 g/mol. The van der Waals surface area contributed by atoms with Gasteiger partial charge in [0.1, 0.15) is 6.20 Å². The quantitative estimate of drug-likeness (QED) is 0.627. The molecule has 0 aromatic carbocycles. The van der Waals surface area contributed by atoms with E-state index >= 15 is 0 Å². The lowest BCUT2D eigenvalue weighted by molar-refractivity contribution is -0.389. The average Bonchev–Trinajstić information content (AvgIpc) is 2.79. The number of aryl methyl sites for hydroxylation is 1. The van der Waals surface area contributed by atoms with Crippen LogP contribution in [0.2, 0.25) is 0 Å². The third-order valence-corrected chi connectivity index (χ3v) is 3.29. The number of ether oxygens (including phenoxy) is 2. The van der Waals surface area contributed by atoms with E-state index in [4.69, 9.17) is 9.47 Å². The van der Waals surface area contributed by atoms with Crippen LogP contribution >= 0.6 is 15.9 Å². The standard InChI is InChI=1S/C10H14BrN3O4/c1-10(2)17-6-7(18-10)3-4-13-5-8(14(15)16)12-9(13)11/h5,7H,3-4,6H2,1-2H3/t7-/m1/s1. The average molecular weight is 320 g/mol. The molecular formula is C10H14BrN3O4. The van der Waals surface area contributed by atoms with Crippen molar-refractivity contribution in [2.24, 2.45) is 0 Å². The molecule has 1 fully saturated rings. The molecule has 7 nitrogen and oxygen atoms in total. The second kappa shape index (κ2) is 4.94. The summed E-state index contributed by atoms with van der Waals surface area (Å²) in [5.41, 5.74) is 0. The molecule has 100 valence electrons. The summed E-state index contributed by atoms with van der Waals surface area (Å²) >= 11 is 3.19. The van der Waals surface area contributed by atoms with Crippen LogP contribution in [-0.2, 0) is 16.0 Å². The van der Waals surface area contributed by atoms with Crippen LogP contribution in [0.15, 0.2) is 10.9 Å². The van der Waals surface area contributed by atoms with Crippen LogP contribution in [0, 0.1) is 10.1 Å². The maximum absolute atomic E-state index is 10.6. The molecule has 1 aliphatic rings. The number of nitro groups is 1. The Balaban J connectivity index is 1.93.